The lowest BCUT2D eigenvalue weighted by atomic mass is 10.2. The summed E-state index contributed by atoms with van der Waals surface area (Å²) in [5.41, 5.74) is 2.97. The number of ether oxygens (including phenoxy) is 2. The largest absolute Gasteiger partial charge is 0.454 e. The van der Waals surface area contributed by atoms with Crippen LogP contribution in [0.3, 0.4) is 0 Å². The number of hydrogen-bond donors (Lipinski definition) is 3. The zero-order valence-electron chi connectivity index (χ0n) is 17.0. The van der Waals surface area contributed by atoms with Crippen LogP contribution in [0.25, 0.3) is 0 Å². The highest BCUT2D eigenvalue weighted by Gasteiger charge is 2.13. The zero-order chi connectivity index (χ0) is 20.5. The van der Waals surface area contributed by atoms with Gasteiger partial charge in [-0.05, 0) is 48.7 Å². The maximum Gasteiger partial charge on any atom is 0.231 e. The Bertz CT molecular complexity index is 850. The Kier molecular flexibility index (Phi) is 7.33. The Morgan fingerprint density at radius 2 is 1.76 bits per heavy atom. The van der Waals surface area contributed by atoms with Crippen LogP contribution in [0.2, 0.25) is 0 Å². The van der Waals surface area contributed by atoms with Gasteiger partial charge < -0.3 is 25.4 Å². The number of nitrogens with zero attached hydrogens (tertiary/aromatic N) is 1. The maximum absolute atomic E-state index is 11.7. The van der Waals surface area contributed by atoms with E-state index in [9.17, 15) is 4.79 Å². The molecule has 0 radical (unpaired) electrons. The van der Waals surface area contributed by atoms with Gasteiger partial charge in [-0.1, -0.05) is 25.1 Å². The minimum atomic E-state index is 0.0449. The van der Waals surface area contributed by atoms with E-state index in [1.807, 2.05) is 56.3 Å². The second-order valence-electron chi connectivity index (χ2n) is 6.73. The number of carbonyl (C=O) groups is 1. The summed E-state index contributed by atoms with van der Waals surface area (Å²) in [7, 11) is 0. The lowest BCUT2D eigenvalue weighted by Gasteiger charge is -2.12. The molecule has 7 nitrogen and oxygen atoms in total. The average Bonchev–Trinajstić information content (AvgIpc) is 3.19. The van der Waals surface area contributed by atoms with E-state index in [4.69, 9.17) is 9.47 Å². The predicted molar refractivity (Wildman–Crippen MR) is 114 cm³/mol. The van der Waals surface area contributed by atoms with Crippen LogP contribution in [0.1, 0.15) is 37.8 Å². The standard InChI is InChI=1S/C22H28N4O3/c1-3-5-21(27)26-18-9-6-16(7-10-18)13-24-22(23-4-2)25-14-17-8-11-19-20(12-17)29-15-28-19/h6-12H,3-5,13-15H2,1-2H3,(H,26,27)(H2,23,24,25). The monoisotopic (exact) mass is 396 g/mol. The highest BCUT2D eigenvalue weighted by molar-refractivity contribution is 5.90. The second kappa shape index (κ2) is 10.4. The lowest BCUT2D eigenvalue weighted by Crippen LogP contribution is -2.36. The Labute approximate surface area is 171 Å². The van der Waals surface area contributed by atoms with Gasteiger partial charge >= 0.3 is 0 Å². The molecule has 0 unspecified atom stereocenters. The number of aliphatic imine (C=N–C) groups is 1. The highest BCUT2D eigenvalue weighted by atomic mass is 16.7. The number of anilines is 1. The Morgan fingerprint density at radius 1 is 1.00 bits per heavy atom. The smallest absolute Gasteiger partial charge is 0.231 e. The topological polar surface area (TPSA) is 84.0 Å². The van der Waals surface area contributed by atoms with Gasteiger partial charge in [-0.2, -0.15) is 0 Å². The van der Waals surface area contributed by atoms with E-state index >= 15 is 0 Å². The fourth-order valence-corrected chi connectivity index (χ4v) is 2.89. The van der Waals surface area contributed by atoms with Crippen molar-refractivity contribution in [3.63, 3.8) is 0 Å². The maximum atomic E-state index is 11.7. The molecule has 0 saturated carbocycles. The van der Waals surface area contributed by atoms with E-state index < -0.39 is 0 Å². The SMILES string of the molecule is CCCC(=O)Nc1ccc(CNC(=NCc2ccc3c(c2)OCO3)NCC)cc1. The molecule has 0 aromatic heterocycles. The van der Waals surface area contributed by atoms with E-state index in [2.05, 4.69) is 20.9 Å². The molecule has 29 heavy (non-hydrogen) atoms. The summed E-state index contributed by atoms with van der Waals surface area (Å²) < 4.78 is 10.8. The predicted octanol–water partition coefficient (Wildman–Crippen LogP) is 3.41. The molecule has 0 bridgehead atoms. The van der Waals surface area contributed by atoms with Crippen LogP contribution >= 0.6 is 0 Å². The molecule has 3 N–H and O–H groups in total. The first-order valence-electron chi connectivity index (χ1n) is 9.97. The highest BCUT2D eigenvalue weighted by Crippen LogP contribution is 2.32. The van der Waals surface area contributed by atoms with Crippen LogP contribution in [0.5, 0.6) is 11.5 Å². The molecule has 154 valence electrons. The van der Waals surface area contributed by atoms with Gasteiger partial charge in [-0.3, -0.25) is 4.79 Å². The summed E-state index contributed by atoms with van der Waals surface area (Å²) in [6, 6.07) is 13.7. The van der Waals surface area contributed by atoms with E-state index in [1.54, 1.807) is 0 Å². The number of fused-ring (bicyclic) bond motifs is 1. The van der Waals surface area contributed by atoms with Gasteiger partial charge in [0.1, 0.15) is 0 Å². The molecule has 1 heterocycles. The number of carbonyl (C=O) groups excluding carboxylic acids is 1. The van der Waals surface area contributed by atoms with Gasteiger partial charge in [-0.15, -0.1) is 0 Å². The molecule has 0 fully saturated rings. The molecule has 0 aliphatic carbocycles. The molecule has 3 rings (SSSR count). The third-order valence-electron chi connectivity index (χ3n) is 4.38. The van der Waals surface area contributed by atoms with Crippen molar-refractivity contribution in [1.82, 2.24) is 10.6 Å². The molecule has 2 aromatic rings. The van der Waals surface area contributed by atoms with Gasteiger partial charge in [0.05, 0.1) is 6.54 Å². The summed E-state index contributed by atoms with van der Waals surface area (Å²) in [5, 5.41) is 9.49. The quantitative estimate of drug-likeness (QED) is 0.470. The van der Waals surface area contributed by atoms with Gasteiger partial charge in [0, 0.05) is 25.2 Å². The average molecular weight is 396 g/mol. The first kappa shape index (κ1) is 20.5. The molecule has 0 atom stereocenters. The Morgan fingerprint density at radius 3 is 2.52 bits per heavy atom. The van der Waals surface area contributed by atoms with E-state index in [1.165, 1.54) is 0 Å². The van der Waals surface area contributed by atoms with Crippen molar-refractivity contribution in [2.75, 3.05) is 18.7 Å². The number of rotatable bonds is 8. The summed E-state index contributed by atoms with van der Waals surface area (Å²) >= 11 is 0. The molecule has 1 aliphatic rings. The minimum Gasteiger partial charge on any atom is -0.454 e. The molecular formula is C22H28N4O3. The van der Waals surface area contributed by atoms with E-state index in [-0.39, 0.29) is 12.7 Å². The minimum absolute atomic E-state index is 0.0449. The number of benzene rings is 2. The van der Waals surface area contributed by atoms with Gasteiger partial charge in [-0.25, -0.2) is 4.99 Å². The zero-order valence-corrected chi connectivity index (χ0v) is 17.0. The number of guanidine groups is 1. The Balaban J connectivity index is 1.54. The van der Waals surface area contributed by atoms with Crippen LogP contribution in [-0.4, -0.2) is 25.2 Å². The van der Waals surface area contributed by atoms with Gasteiger partial charge in [0.25, 0.3) is 0 Å². The summed E-state index contributed by atoms with van der Waals surface area (Å²) in [6.45, 7) is 6.24. The van der Waals surface area contributed by atoms with Crippen LogP contribution < -0.4 is 25.4 Å². The molecular weight excluding hydrogens is 368 g/mol. The van der Waals surface area contributed by atoms with Crippen LogP contribution in [0.4, 0.5) is 5.69 Å². The molecule has 0 spiro atoms. The molecule has 1 aliphatic heterocycles. The fraction of sp³-hybridized carbons (Fsp3) is 0.364. The molecule has 0 saturated heterocycles. The second-order valence-corrected chi connectivity index (χ2v) is 6.73. The summed E-state index contributed by atoms with van der Waals surface area (Å²) in [6.07, 6.45) is 1.38. The van der Waals surface area contributed by atoms with Crippen molar-refractivity contribution in [2.24, 2.45) is 4.99 Å². The third kappa shape index (κ3) is 6.14. The summed E-state index contributed by atoms with van der Waals surface area (Å²) in [4.78, 5) is 16.3. The van der Waals surface area contributed by atoms with Crippen LogP contribution in [-0.2, 0) is 17.9 Å². The normalized spacial score (nSPS) is 12.6. The lowest BCUT2D eigenvalue weighted by molar-refractivity contribution is -0.116. The summed E-state index contributed by atoms with van der Waals surface area (Å²) in [5.74, 6) is 2.33. The number of amides is 1. The van der Waals surface area contributed by atoms with Crippen molar-refractivity contribution in [3.05, 3.63) is 53.6 Å². The van der Waals surface area contributed by atoms with Crippen molar-refractivity contribution in [2.45, 2.75) is 39.8 Å². The molecule has 2 aromatic carbocycles. The van der Waals surface area contributed by atoms with E-state index in [0.29, 0.717) is 19.5 Å². The fourth-order valence-electron chi connectivity index (χ4n) is 2.89. The first-order chi connectivity index (χ1) is 14.2. The molecule has 1 amide bonds. The van der Waals surface area contributed by atoms with Crippen molar-refractivity contribution in [3.8, 4) is 11.5 Å². The van der Waals surface area contributed by atoms with Crippen molar-refractivity contribution in [1.29, 1.82) is 0 Å². The van der Waals surface area contributed by atoms with Gasteiger partial charge in [0.15, 0.2) is 17.5 Å². The van der Waals surface area contributed by atoms with Crippen LogP contribution in [0.15, 0.2) is 47.5 Å². The van der Waals surface area contributed by atoms with Gasteiger partial charge in [0.2, 0.25) is 12.7 Å². The Hall–Kier alpha value is -3.22. The first-order valence-corrected chi connectivity index (χ1v) is 9.97. The van der Waals surface area contributed by atoms with Crippen molar-refractivity contribution >= 4 is 17.6 Å². The third-order valence-corrected chi connectivity index (χ3v) is 4.38. The number of nitrogens with one attached hydrogen (secondary N) is 3. The van der Waals surface area contributed by atoms with E-state index in [0.717, 1.165) is 47.2 Å². The van der Waals surface area contributed by atoms with Crippen molar-refractivity contribution < 1.29 is 14.3 Å². The molecule has 7 heteroatoms. The van der Waals surface area contributed by atoms with Crippen LogP contribution in [0, 0.1) is 0 Å². The number of hydrogen-bond acceptors (Lipinski definition) is 4.